The molecule has 6 heteroatoms. The van der Waals surface area contributed by atoms with Gasteiger partial charge in [-0.1, -0.05) is 30.3 Å². The Kier molecular flexibility index (Phi) is 4.97. The number of aliphatic hydroxyl groups excluding tert-OH is 1. The Morgan fingerprint density at radius 1 is 1.21 bits per heavy atom. The summed E-state index contributed by atoms with van der Waals surface area (Å²) in [4.78, 5) is 0. The molecule has 0 saturated carbocycles. The molecular weight excluding hydrogens is 316 g/mol. The van der Waals surface area contributed by atoms with E-state index < -0.39 is 12.7 Å². The van der Waals surface area contributed by atoms with E-state index in [2.05, 4.69) is 10.1 Å². The summed E-state index contributed by atoms with van der Waals surface area (Å²) in [6, 6.07) is 12.6. The van der Waals surface area contributed by atoms with Crippen LogP contribution < -0.4 is 14.8 Å². The number of aliphatic hydroxyl groups is 1. The summed E-state index contributed by atoms with van der Waals surface area (Å²) >= 11 is 0. The van der Waals surface area contributed by atoms with Crippen molar-refractivity contribution < 1.29 is 23.4 Å². The molecule has 2 atom stereocenters. The highest BCUT2D eigenvalue weighted by Gasteiger charge is 2.30. The van der Waals surface area contributed by atoms with Gasteiger partial charge in [0.1, 0.15) is 0 Å². The maximum Gasteiger partial charge on any atom is 0.387 e. The van der Waals surface area contributed by atoms with E-state index in [9.17, 15) is 13.9 Å². The third-order valence-electron chi connectivity index (χ3n) is 4.17. The van der Waals surface area contributed by atoms with Gasteiger partial charge in [-0.2, -0.15) is 8.78 Å². The van der Waals surface area contributed by atoms with Gasteiger partial charge in [0.15, 0.2) is 11.5 Å². The molecule has 2 aromatic rings. The highest BCUT2D eigenvalue weighted by atomic mass is 19.3. The van der Waals surface area contributed by atoms with Crippen molar-refractivity contribution in [3.8, 4) is 11.5 Å². The molecule has 2 N–H and O–H groups in total. The van der Waals surface area contributed by atoms with Crippen molar-refractivity contribution in [3.63, 3.8) is 0 Å². The summed E-state index contributed by atoms with van der Waals surface area (Å²) in [6.07, 6.45) is 0.143. The van der Waals surface area contributed by atoms with Crippen molar-refractivity contribution in [1.29, 1.82) is 0 Å². The zero-order chi connectivity index (χ0) is 17.1. The summed E-state index contributed by atoms with van der Waals surface area (Å²) in [7, 11) is 1.40. The predicted octanol–water partition coefficient (Wildman–Crippen LogP) is 3.04. The van der Waals surface area contributed by atoms with Crippen molar-refractivity contribution in [1.82, 2.24) is 5.32 Å². The van der Waals surface area contributed by atoms with E-state index in [4.69, 9.17) is 4.74 Å². The smallest absolute Gasteiger partial charge is 0.387 e. The van der Waals surface area contributed by atoms with Crippen LogP contribution in [0.4, 0.5) is 8.78 Å². The Balaban J connectivity index is 1.71. The van der Waals surface area contributed by atoms with E-state index in [0.29, 0.717) is 13.0 Å². The van der Waals surface area contributed by atoms with Crippen molar-refractivity contribution >= 4 is 0 Å². The van der Waals surface area contributed by atoms with Gasteiger partial charge in [-0.25, -0.2) is 0 Å². The van der Waals surface area contributed by atoms with E-state index in [1.165, 1.54) is 13.2 Å². The molecule has 0 fully saturated rings. The Bertz CT molecular complexity index is 708. The minimum atomic E-state index is -2.90. The molecule has 0 radical (unpaired) electrons. The molecule has 128 valence electrons. The lowest BCUT2D eigenvalue weighted by atomic mass is 10.1. The van der Waals surface area contributed by atoms with Crippen LogP contribution in [0.15, 0.2) is 42.5 Å². The van der Waals surface area contributed by atoms with E-state index in [-0.39, 0.29) is 17.5 Å². The molecule has 0 bridgehead atoms. The van der Waals surface area contributed by atoms with Crippen LogP contribution in [-0.4, -0.2) is 24.9 Å². The predicted molar refractivity (Wildman–Crippen MR) is 85.4 cm³/mol. The van der Waals surface area contributed by atoms with Gasteiger partial charge >= 0.3 is 6.61 Å². The molecule has 0 aromatic heterocycles. The van der Waals surface area contributed by atoms with Crippen LogP contribution in [0.1, 0.15) is 22.7 Å². The number of hydrogen-bond acceptors (Lipinski definition) is 4. The highest BCUT2D eigenvalue weighted by Crippen LogP contribution is 2.33. The van der Waals surface area contributed by atoms with Crippen LogP contribution in [-0.2, 0) is 13.0 Å². The Labute approximate surface area is 139 Å². The van der Waals surface area contributed by atoms with E-state index in [1.54, 1.807) is 12.1 Å². The topological polar surface area (TPSA) is 50.7 Å². The third-order valence-corrected chi connectivity index (χ3v) is 4.17. The van der Waals surface area contributed by atoms with E-state index in [1.807, 2.05) is 24.3 Å². The fourth-order valence-corrected chi connectivity index (χ4v) is 3.06. The van der Waals surface area contributed by atoms with Gasteiger partial charge in [0.05, 0.1) is 19.3 Å². The van der Waals surface area contributed by atoms with E-state index >= 15 is 0 Å². The number of benzene rings is 2. The van der Waals surface area contributed by atoms with Crippen molar-refractivity contribution in [3.05, 3.63) is 59.2 Å². The van der Waals surface area contributed by atoms with Gasteiger partial charge in [-0.3, -0.25) is 0 Å². The second kappa shape index (κ2) is 7.15. The van der Waals surface area contributed by atoms with Crippen LogP contribution in [0.3, 0.4) is 0 Å². The second-order valence-corrected chi connectivity index (χ2v) is 5.69. The van der Waals surface area contributed by atoms with Gasteiger partial charge in [0.2, 0.25) is 0 Å². The Hall–Kier alpha value is -2.18. The number of ether oxygens (including phenoxy) is 2. The number of methoxy groups -OCH3 is 1. The Morgan fingerprint density at radius 2 is 2.00 bits per heavy atom. The molecule has 4 nitrogen and oxygen atoms in total. The summed E-state index contributed by atoms with van der Waals surface area (Å²) in [6.45, 7) is -2.42. The molecule has 0 unspecified atom stereocenters. The second-order valence-electron chi connectivity index (χ2n) is 5.69. The average Bonchev–Trinajstić information content (AvgIpc) is 2.88. The lowest BCUT2D eigenvalue weighted by Crippen LogP contribution is -2.28. The highest BCUT2D eigenvalue weighted by molar-refractivity contribution is 5.43. The van der Waals surface area contributed by atoms with Gasteiger partial charge in [-0.05, 0) is 28.8 Å². The molecule has 0 heterocycles. The number of fused-ring (bicyclic) bond motifs is 1. The van der Waals surface area contributed by atoms with Crippen LogP contribution >= 0.6 is 0 Å². The molecule has 0 aliphatic heterocycles. The van der Waals surface area contributed by atoms with Gasteiger partial charge in [0.25, 0.3) is 0 Å². The summed E-state index contributed by atoms with van der Waals surface area (Å²) in [5.41, 5.74) is 3.08. The SMILES string of the molecule is COc1cc(CN[C@@H]2c3ccccc3C[C@@H]2O)ccc1OC(F)F. The first-order chi connectivity index (χ1) is 11.6. The van der Waals surface area contributed by atoms with Crippen LogP contribution in [0.2, 0.25) is 0 Å². The number of hydrogen-bond donors (Lipinski definition) is 2. The third kappa shape index (κ3) is 3.49. The zero-order valence-corrected chi connectivity index (χ0v) is 13.2. The molecular formula is C18H19F2NO3. The largest absolute Gasteiger partial charge is 0.493 e. The maximum atomic E-state index is 12.4. The van der Waals surface area contributed by atoms with Crippen molar-refractivity contribution in [2.45, 2.75) is 31.7 Å². The fourth-order valence-electron chi connectivity index (χ4n) is 3.06. The molecule has 0 amide bonds. The van der Waals surface area contributed by atoms with E-state index in [0.717, 1.165) is 16.7 Å². The average molecular weight is 335 g/mol. The van der Waals surface area contributed by atoms with Crippen molar-refractivity contribution in [2.24, 2.45) is 0 Å². The van der Waals surface area contributed by atoms with Crippen molar-refractivity contribution in [2.75, 3.05) is 7.11 Å². The maximum absolute atomic E-state index is 12.4. The molecule has 0 saturated heterocycles. The normalized spacial score (nSPS) is 19.4. The number of halogens is 2. The lowest BCUT2D eigenvalue weighted by Gasteiger charge is -2.18. The van der Waals surface area contributed by atoms with Crippen LogP contribution in [0.25, 0.3) is 0 Å². The monoisotopic (exact) mass is 335 g/mol. The standard InChI is InChI=1S/C18H19F2NO3/c1-23-16-8-11(6-7-15(16)24-18(19)20)10-21-17-13-5-3-2-4-12(13)9-14(17)22/h2-8,14,17-18,21-22H,9-10H2,1H3/t14-,17+/m0/s1. The summed E-state index contributed by atoms with van der Waals surface area (Å²) in [5.74, 6) is 0.254. The number of alkyl halides is 2. The molecule has 3 rings (SSSR count). The first kappa shape index (κ1) is 16.7. The fraction of sp³-hybridized carbons (Fsp3) is 0.333. The zero-order valence-electron chi connectivity index (χ0n) is 13.2. The van der Waals surface area contributed by atoms with Crippen LogP contribution in [0.5, 0.6) is 11.5 Å². The summed E-state index contributed by atoms with van der Waals surface area (Å²) in [5, 5.41) is 13.6. The number of rotatable bonds is 6. The minimum absolute atomic E-state index is 0.00231. The van der Waals surface area contributed by atoms with Gasteiger partial charge < -0.3 is 19.9 Å². The minimum Gasteiger partial charge on any atom is -0.493 e. The number of nitrogens with one attached hydrogen (secondary N) is 1. The lowest BCUT2D eigenvalue weighted by molar-refractivity contribution is -0.0512. The first-order valence-corrected chi connectivity index (χ1v) is 7.69. The quantitative estimate of drug-likeness (QED) is 0.852. The summed E-state index contributed by atoms with van der Waals surface area (Å²) < 4.78 is 34.2. The molecule has 24 heavy (non-hydrogen) atoms. The van der Waals surface area contributed by atoms with Gasteiger partial charge in [-0.15, -0.1) is 0 Å². The Morgan fingerprint density at radius 3 is 2.75 bits per heavy atom. The first-order valence-electron chi connectivity index (χ1n) is 7.69. The molecule has 1 aliphatic carbocycles. The van der Waals surface area contributed by atoms with Crippen LogP contribution in [0, 0.1) is 0 Å². The van der Waals surface area contributed by atoms with Gasteiger partial charge in [0, 0.05) is 13.0 Å². The molecule has 1 aliphatic rings. The molecule has 2 aromatic carbocycles. The molecule has 0 spiro atoms.